The summed E-state index contributed by atoms with van der Waals surface area (Å²) in [5.74, 6) is 0.00964. The summed E-state index contributed by atoms with van der Waals surface area (Å²) in [4.78, 5) is 3.98. The third-order valence-corrected chi connectivity index (χ3v) is 2.11. The van der Waals surface area contributed by atoms with E-state index in [2.05, 4.69) is 17.1 Å². The molecule has 3 N–H and O–H groups in total. The van der Waals surface area contributed by atoms with E-state index in [1.807, 2.05) is 6.07 Å². The number of hydrogen-bond donors (Lipinski definition) is 2. The molecule has 1 heterocycles. The predicted molar refractivity (Wildman–Crippen MR) is 61.3 cm³/mol. The van der Waals surface area contributed by atoms with Crippen LogP contribution >= 0.6 is 0 Å². The summed E-state index contributed by atoms with van der Waals surface area (Å²) in [5.41, 5.74) is 6.86. The Kier molecular flexibility index (Phi) is 5.28. The molecule has 0 radical (unpaired) electrons. The van der Waals surface area contributed by atoms with Crippen LogP contribution in [0.25, 0.3) is 0 Å². The van der Waals surface area contributed by atoms with Gasteiger partial charge in [0.2, 0.25) is 0 Å². The van der Waals surface area contributed by atoms with E-state index in [1.54, 1.807) is 12.3 Å². The Morgan fingerprint density at radius 3 is 3.12 bits per heavy atom. The number of amidine groups is 1. The maximum absolute atomic E-state index is 8.52. The molecule has 0 unspecified atom stereocenters. The topological polar surface area (TPSA) is 80.7 Å². The van der Waals surface area contributed by atoms with Crippen LogP contribution in [0.1, 0.15) is 31.0 Å². The van der Waals surface area contributed by atoms with E-state index in [0.717, 1.165) is 25.0 Å². The minimum atomic E-state index is 0.00964. The smallest absolute Gasteiger partial charge is 0.188 e. The van der Waals surface area contributed by atoms with Crippen molar-refractivity contribution in [1.29, 1.82) is 0 Å². The second-order valence-electron chi connectivity index (χ2n) is 3.44. The fourth-order valence-corrected chi connectivity index (χ4v) is 1.19. The average molecular weight is 223 g/mol. The fraction of sp³-hybridized carbons (Fsp3) is 0.455. The molecule has 88 valence electrons. The van der Waals surface area contributed by atoms with Crippen LogP contribution < -0.4 is 5.73 Å². The molecule has 0 bridgehead atoms. The van der Waals surface area contributed by atoms with Crippen molar-refractivity contribution < 1.29 is 9.94 Å². The maximum atomic E-state index is 8.52. The summed E-state index contributed by atoms with van der Waals surface area (Å²) in [5, 5.41) is 11.4. The molecule has 0 aromatic carbocycles. The van der Waals surface area contributed by atoms with Gasteiger partial charge in [0.05, 0.1) is 6.61 Å². The Labute approximate surface area is 94.9 Å². The van der Waals surface area contributed by atoms with Crippen LogP contribution in [0.2, 0.25) is 0 Å². The average Bonchev–Trinajstić information content (AvgIpc) is 2.34. The van der Waals surface area contributed by atoms with Gasteiger partial charge in [-0.3, -0.25) is 4.98 Å². The molecule has 1 rings (SSSR count). The number of unbranched alkanes of at least 4 members (excludes halogenated alkanes) is 1. The molecule has 16 heavy (non-hydrogen) atoms. The normalized spacial score (nSPS) is 11.7. The number of hydrogen-bond acceptors (Lipinski definition) is 4. The molecule has 0 aliphatic rings. The SMILES string of the molecule is CCCCOCc1ccnc(C(N)=NO)c1. The van der Waals surface area contributed by atoms with Crippen LogP contribution in [-0.2, 0) is 11.3 Å². The highest BCUT2D eigenvalue weighted by atomic mass is 16.5. The summed E-state index contributed by atoms with van der Waals surface area (Å²) in [6, 6.07) is 3.60. The molecule has 0 spiro atoms. The number of rotatable bonds is 6. The van der Waals surface area contributed by atoms with Gasteiger partial charge >= 0.3 is 0 Å². The van der Waals surface area contributed by atoms with Crippen LogP contribution in [0.3, 0.4) is 0 Å². The Morgan fingerprint density at radius 1 is 1.62 bits per heavy atom. The first kappa shape index (κ1) is 12.4. The molecule has 5 heteroatoms. The molecular weight excluding hydrogens is 206 g/mol. The Morgan fingerprint density at radius 2 is 2.44 bits per heavy atom. The quantitative estimate of drug-likeness (QED) is 0.252. The van der Waals surface area contributed by atoms with Crippen molar-refractivity contribution >= 4 is 5.84 Å². The lowest BCUT2D eigenvalue weighted by molar-refractivity contribution is 0.118. The van der Waals surface area contributed by atoms with Crippen LogP contribution in [0.15, 0.2) is 23.5 Å². The third-order valence-electron chi connectivity index (χ3n) is 2.11. The number of nitrogens with zero attached hydrogens (tertiary/aromatic N) is 2. The highest BCUT2D eigenvalue weighted by Gasteiger charge is 2.02. The molecule has 1 aromatic rings. The van der Waals surface area contributed by atoms with Crippen molar-refractivity contribution in [3.8, 4) is 0 Å². The van der Waals surface area contributed by atoms with Crippen molar-refractivity contribution in [3.05, 3.63) is 29.6 Å². The molecule has 0 saturated carbocycles. The van der Waals surface area contributed by atoms with Gasteiger partial charge in [0.1, 0.15) is 5.69 Å². The van der Waals surface area contributed by atoms with Gasteiger partial charge in [-0.1, -0.05) is 18.5 Å². The fourth-order valence-electron chi connectivity index (χ4n) is 1.19. The summed E-state index contributed by atoms with van der Waals surface area (Å²) in [7, 11) is 0. The first-order chi connectivity index (χ1) is 7.77. The van der Waals surface area contributed by atoms with Crippen LogP contribution in [-0.4, -0.2) is 22.6 Å². The van der Waals surface area contributed by atoms with Crippen molar-refractivity contribution in [2.45, 2.75) is 26.4 Å². The van der Waals surface area contributed by atoms with Gasteiger partial charge in [-0.25, -0.2) is 0 Å². The van der Waals surface area contributed by atoms with E-state index < -0.39 is 0 Å². The molecule has 0 aliphatic carbocycles. The lowest BCUT2D eigenvalue weighted by atomic mass is 10.2. The highest BCUT2D eigenvalue weighted by Crippen LogP contribution is 2.04. The lowest BCUT2D eigenvalue weighted by Crippen LogP contribution is -2.15. The van der Waals surface area contributed by atoms with Crippen molar-refractivity contribution in [2.24, 2.45) is 10.9 Å². The molecule has 0 aliphatic heterocycles. The Balaban J connectivity index is 2.54. The van der Waals surface area contributed by atoms with Gasteiger partial charge in [-0.2, -0.15) is 0 Å². The summed E-state index contributed by atoms with van der Waals surface area (Å²) >= 11 is 0. The van der Waals surface area contributed by atoms with Gasteiger partial charge in [0, 0.05) is 12.8 Å². The number of nitrogens with two attached hydrogens (primary N) is 1. The van der Waals surface area contributed by atoms with Crippen molar-refractivity contribution in [3.63, 3.8) is 0 Å². The summed E-state index contributed by atoms with van der Waals surface area (Å²) in [6.07, 6.45) is 3.79. The van der Waals surface area contributed by atoms with Crippen LogP contribution in [0, 0.1) is 0 Å². The first-order valence-electron chi connectivity index (χ1n) is 5.28. The monoisotopic (exact) mass is 223 g/mol. The van der Waals surface area contributed by atoms with E-state index >= 15 is 0 Å². The molecule has 0 amide bonds. The van der Waals surface area contributed by atoms with Crippen molar-refractivity contribution in [2.75, 3.05) is 6.61 Å². The largest absolute Gasteiger partial charge is 0.409 e. The predicted octanol–water partition coefficient (Wildman–Crippen LogP) is 1.49. The molecule has 1 aromatic heterocycles. The van der Waals surface area contributed by atoms with E-state index in [0.29, 0.717) is 12.3 Å². The molecule has 0 fully saturated rings. The third kappa shape index (κ3) is 3.86. The number of ether oxygens (including phenoxy) is 1. The lowest BCUT2D eigenvalue weighted by Gasteiger charge is -2.04. The second-order valence-corrected chi connectivity index (χ2v) is 3.44. The van der Waals surface area contributed by atoms with E-state index in [4.69, 9.17) is 15.7 Å². The Hall–Kier alpha value is -1.62. The van der Waals surface area contributed by atoms with Gasteiger partial charge < -0.3 is 15.7 Å². The molecule has 0 saturated heterocycles. The van der Waals surface area contributed by atoms with E-state index in [-0.39, 0.29) is 5.84 Å². The zero-order chi connectivity index (χ0) is 11.8. The second kappa shape index (κ2) is 6.79. The van der Waals surface area contributed by atoms with Crippen molar-refractivity contribution in [1.82, 2.24) is 4.98 Å². The first-order valence-corrected chi connectivity index (χ1v) is 5.28. The standard InChI is InChI=1S/C11H17N3O2/c1-2-3-6-16-8-9-4-5-13-10(7-9)11(12)14-15/h4-5,7,15H,2-3,6,8H2,1H3,(H2,12,14). The minimum Gasteiger partial charge on any atom is -0.409 e. The number of pyridine rings is 1. The van der Waals surface area contributed by atoms with Gasteiger partial charge in [-0.15, -0.1) is 0 Å². The number of aromatic nitrogens is 1. The molecule has 5 nitrogen and oxygen atoms in total. The zero-order valence-corrected chi connectivity index (χ0v) is 9.39. The zero-order valence-electron chi connectivity index (χ0n) is 9.39. The molecule has 0 atom stereocenters. The minimum absolute atomic E-state index is 0.00964. The summed E-state index contributed by atoms with van der Waals surface area (Å²) in [6.45, 7) is 3.39. The van der Waals surface area contributed by atoms with Crippen LogP contribution in [0.4, 0.5) is 0 Å². The van der Waals surface area contributed by atoms with E-state index in [9.17, 15) is 0 Å². The van der Waals surface area contributed by atoms with Gasteiger partial charge in [0.25, 0.3) is 0 Å². The van der Waals surface area contributed by atoms with E-state index in [1.165, 1.54) is 0 Å². The summed E-state index contributed by atoms with van der Waals surface area (Å²) < 4.78 is 5.46. The van der Waals surface area contributed by atoms with Gasteiger partial charge in [0.15, 0.2) is 5.84 Å². The highest BCUT2D eigenvalue weighted by molar-refractivity contribution is 5.95. The maximum Gasteiger partial charge on any atom is 0.188 e. The Bertz CT molecular complexity index is 353. The molecular formula is C11H17N3O2. The van der Waals surface area contributed by atoms with Crippen LogP contribution in [0.5, 0.6) is 0 Å². The number of oxime groups is 1. The van der Waals surface area contributed by atoms with Gasteiger partial charge in [-0.05, 0) is 24.1 Å².